The Kier molecular flexibility index (Phi) is 4.09. The molecule has 1 aromatic carbocycles. The molecule has 7 heteroatoms. The second kappa shape index (κ2) is 6.35. The van der Waals surface area contributed by atoms with Crippen LogP contribution >= 0.6 is 0 Å². The summed E-state index contributed by atoms with van der Waals surface area (Å²) in [6.45, 7) is 0. The van der Waals surface area contributed by atoms with Crippen LogP contribution in [0.25, 0.3) is 17.2 Å². The maximum Gasteiger partial charge on any atom is 0.213 e. The minimum absolute atomic E-state index is 0.504. The van der Waals surface area contributed by atoms with Crippen LogP contribution in [-0.4, -0.2) is 41.1 Å². The lowest BCUT2D eigenvalue weighted by Crippen LogP contribution is -2.03. The Balaban J connectivity index is 2.19. The van der Waals surface area contributed by atoms with Crippen molar-refractivity contribution in [3.05, 3.63) is 42.7 Å². The SMILES string of the molecule is COc1cccc(-c2nncn2-c2c(OC)cccc2OC)n1. The number of hydrogen-bond donors (Lipinski definition) is 0. The van der Waals surface area contributed by atoms with Crippen molar-refractivity contribution in [3.63, 3.8) is 0 Å². The van der Waals surface area contributed by atoms with E-state index >= 15 is 0 Å². The fourth-order valence-electron chi connectivity index (χ4n) is 2.30. The van der Waals surface area contributed by atoms with Gasteiger partial charge < -0.3 is 14.2 Å². The fraction of sp³-hybridized carbons (Fsp3) is 0.188. The van der Waals surface area contributed by atoms with Gasteiger partial charge in [0, 0.05) is 6.07 Å². The highest BCUT2D eigenvalue weighted by atomic mass is 16.5. The summed E-state index contributed by atoms with van der Waals surface area (Å²) >= 11 is 0. The summed E-state index contributed by atoms with van der Waals surface area (Å²) in [6.07, 6.45) is 1.59. The molecule has 0 saturated carbocycles. The van der Waals surface area contributed by atoms with E-state index in [1.807, 2.05) is 30.3 Å². The van der Waals surface area contributed by atoms with Crippen molar-refractivity contribution in [2.24, 2.45) is 0 Å². The summed E-state index contributed by atoms with van der Waals surface area (Å²) in [5.74, 6) is 2.36. The summed E-state index contributed by atoms with van der Waals surface area (Å²) in [4.78, 5) is 4.40. The number of pyridine rings is 1. The predicted molar refractivity (Wildman–Crippen MR) is 84.2 cm³/mol. The molecule has 118 valence electrons. The van der Waals surface area contributed by atoms with Crippen molar-refractivity contribution in [1.82, 2.24) is 19.7 Å². The Bertz CT molecular complexity index is 794. The largest absolute Gasteiger partial charge is 0.494 e. The van der Waals surface area contributed by atoms with Crippen molar-refractivity contribution >= 4 is 0 Å². The van der Waals surface area contributed by atoms with Crippen LogP contribution < -0.4 is 14.2 Å². The molecule has 0 aliphatic rings. The Labute approximate surface area is 133 Å². The average Bonchev–Trinajstić information content (AvgIpc) is 3.10. The van der Waals surface area contributed by atoms with Gasteiger partial charge in [0.25, 0.3) is 0 Å². The Hall–Kier alpha value is -3.09. The molecule has 0 amide bonds. The lowest BCUT2D eigenvalue weighted by atomic mass is 10.2. The van der Waals surface area contributed by atoms with E-state index < -0.39 is 0 Å². The van der Waals surface area contributed by atoms with Gasteiger partial charge in [-0.25, -0.2) is 4.98 Å². The summed E-state index contributed by atoms with van der Waals surface area (Å²) in [5, 5.41) is 8.18. The number of nitrogens with zero attached hydrogens (tertiary/aromatic N) is 4. The van der Waals surface area contributed by atoms with Crippen LogP contribution in [0.4, 0.5) is 0 Å². The van der Waals surface area contributed by atoms with Crippen molar-refractivity contribution in [3.8, 4) is 34.6 Å². The van der Waals surface area contributed by atoms with Gasteiger partial charge in [0.2, 0.25) is 5.88 Å². The first-order chi connectivity index (χ1) is 11.3. The van der Waals surface area contributed by atoms with Crippen molar-refractivity contribution in [2.45, 2.75) is 0 Å². The molecule has 0 unspecified atom stereocenters. The molecule has 0 bridgehead atoms. The van der Waals surface area contributed by atoms with E-state index in [1.165, 1.54) is 0 Å². The second-order valence-electron chi connectivity index (χ2n) is 4.60. The van der Waals surface area contributed by atoms with Gasteiger partial charge in [-0.3, -0.25) is 4.57 Å². The number of aromatic nitrogens is 4. The van der Waals surface area contributed by atoms with Crippen molar-refractivity contribution in [2.75, 3.05) is 21.3 Å². The van der Waals surface area contributed by atoms with Crippen molar-refractivity contribution in [1.29, 1.82) is 0 Å². The van der Waals surface area contributed by atoms with E-state index in [-0.39, 0.29) is 0 Å². The van der Waals surface area contributed by atoms with E-state index in [4.69, 9.17) is 14.2 Å². The minimum Gasteiger partial charge on any atom is -0.494 e. The molecule has 2 heterocycles. The molecule has 3 aromatic rings. The molecule has 0 saturated heterocycles. The van der Waals surface area contributed by atoms with Crippen LogP contribution in [0.5, 0.6) is 17.4 Å². The van der Waals surface area contributed by atoms with Crippen LogP contribution in [0.2, 0.25) is 0 Å². The standard InChI is InChI=1S/C16H16N4O3/c1-21-12-7-5-8-13(22-2)15(12)20-10-17-19-16(20)11-6-4-9-14(18-11)23-3/h4-10H,1-3H3. The summed E-state index contributed by atoms with van der Waals surface area (Å²) in [7, 11) is 4.78. The van der Waals surface area contributed by atoms with Crippen LogP contribution in [0.15, 0.2) is 42.7 Å². The minimum atomic E-state index is 0.504. The molecule has 0 radical (unpaired) electrons. The maximum absolute atomic E-state index is 5.45. The van der Waals surface area contributed by atoms with Crippen molar-refractivity contribution < 1.29 is 14.2 Å². The maximum atomic E-state index is 5.45. The average molecular weight is 312 g/mol. The summed E-state index contributed by atoms with van der Waals surface area (Å²) in [6, 6.07) is 11.0. The molecular formula is C16H16N4O3. The summed E-state index contributed by atoms with van der Waals surface area (Å²) in [5.41, 5.74) is 1.34. The molecule has 0 aliphatic heterocycles. The second-order valence-corrected chi connectivity index (χ2v) is 4.60. The predicted octanol–water partition coefficient (Wildman–Crippen LogP) is 2.36. The Morgan fingerprint density at radius 3 is 2.22 bits per heavy atom. The van der Waals surface area contributed by atoms with E-state index in [9.17, 15) is 0 Å². The lowest BCUT2D eigenvalue weighted by molar-refractivity contribution is 0.391. The van der Waals surface area contributed by atoms with Gasteiger partial charge in [0.15, 0.2) is 5.82 Å². The van der Waals surface area contributed by atoms with Crippen LogP contribution in [0.3, 0.4) is 0 Å². The van der Waals surface area contributed by atoms with Gasteiger partial charge in [-0.15, -0.1) is 10.2 Å². The molecule has 23 heavy (non-hydrogen) atoms. The zero-order valence-corrected chi connectivity index (χ0v) is 13.1. The first-order valence-electron chi connectivity index (χ1n) is 6.91. The topological polar surface area (TPSA) is 71.3 Å². The third kappa shape index (κ3) is 2.68. The first kappa shape index (κ1) is 14.8. The molecule has 0 spiro atoms. The van der Waals surface area contributed by atoms with E-state index in [0.29, 0.717) is 34.6 Å². The third-order valence-electron chi connectivity index (χ3n) is 3.35. The number of benzene rings is 1. The highest BCUT2D eigenvalue weighted by Crippen LogP contribution is 2.34. The number of ether oxygens (including phenoxy) is 3. The molecule has 0 N–H and O–H groups in total. The highest BCUT2D eigenvalue weighted by Gasteiger charge is 2.18. The van der Waals surface area contributed by atoms with Crippen LogP contribution in [-0.2, 0) is 0 Å². The quantitative estimate of drug-likeness (QED) is 0.720. The smallest absolute Gasteiger partial charge is 0.213 e. The lowest BCUT2D eigenvalue weighted by Gasteiger charge is -2.14. The normalized spacial score (nSPS) is 10.4. The monoisotopic (exact) mass is 312 g/mol. The van der Waals surface area contributed by atoms with Gasteiger partial charge in [-0.1, -0.05) is 12.1 Å². The highest BCUT2D eigenvalue weighted by molar-refractivity contribution is 5.63. The molecule has 3 rings (SSSR count). The Morgan fingerprint density at radius 2 is 1.57 bits per heavy atom. The number of rotatable bonds is 5. The van der Waals surface area contributed by atoms with Gasteiger partial charge in [0.1, 0.15) is 29.2 Å². The number of para-hydroxylation sites is 1. The first-order valence-corrected chi connectivity index (χ1v) is 6.91. The van der Waals surface area contributed by atoms with E-state index in [1.54, 1.807) is 38.3 Å². The van der Waals surface area contributed by atoms with Crippen LogP contribution in [0, 0.1) is 0 Å². The van der Waals surface area contributed by atoms with Gasteiger partial charge in [0.05, 0.1) is 21.3 Å². The number of hydrogen-bond acceptors (Lipinski definition) is 6. The van der Waals surface area contributed by atoms with Gasteiger partial charge in [-0.05, 0) is 18.2 Å². The molecule has 0 atom stereocenters. The fourth-order valence-corrected chi connectivity index (χ4v) is 2.30. The summed E-state index contributed by atoms with van der Waals surface area (Å²) < 4.78 is 17.8. The van der Waals surface area contributed by atoms with Crippen LogP contribution in [0.1, 0.15) is 0 Å². The Morgan fingerprint density at radius 1 is 0.870 bits per heavy atom. The van der Waals surface area contributed by atoms with E-state index in [0.717, 1.165) is 0 Å². The van der Waals surface area contributed by atoms with Gasteiger partial charge >= 0.3 is 0 Å². The zero-order chi connectivity index (χ0) is 16.2. The van der Waals surface area contributed by atoms with Gasteiger partial charge in [-0.2, -0.15) is 0 Å². The molecule has 0 fully saturated rings. The van der Waals surface area contributed by atoms with E-state index in [2.05, 4.69) is 15.2 Å². The third-order valence-corrected chi connectivity index (χ3v) is 3.35. The number of methoxy groups -OCH3 is 3. The molecule has 7 nitrogen and oxygen atoms in total. The molecular weight excluding hydrogens is 296 g/mol. The molecule has 0 aliphatic carbocycles. The zero-order valence-electron chi connectivity index (χ0n) is 13.1. The molecule has 2 aromatic heterocycles.